The minimum absolute atomic E-state index is 0.256. The van der Waals surface area contributed by atoms with Gasteiger partial charge in [0, 0.05) is 36.0 Å². The monoisotopic (exact) mass is 624 g/mol. The number of amides is 1. The van der Waals surface area contributed by atoms with Crippen LogP contribution in [0, 0.1) is 11.3 Å². The predicted octanol–water partition coefficient (Wildman–Crippen LogP) is 7.42. The van der Waals surface area contributed by atoms with Crippen LogP contribution in [0.3, 0.4) is 0 Å². The Kier molecular flexibility index (Phi) is 10.9. The molecule has 1 saturated heterocycles. The number of benzene rings is 2. The highest BCUT2D eigenvalue weighted by Crippen LogP contribution is 2.38. The molecule has 0 saturated carbocycles. The molecule has 0 aliphatic carbocycles. The minimum Gasteiger partial charge on any atom is -0.492 e. The van der Waals surface area contributed by atoms with Crippen molar-refractivity contribution in [3.63, 3.8) is 0 Å². The maximum Gasteiger partial charge on any atom is 0.248 e. The molecule has 2 aromatic heterocycles. The summed E-state index contributed by atoms with van der Waals surface area (Å²) in [6.07, 6.45) is 9.38. The molecule has 2 N–H and O–H groups in total. The van der Waals surface area contributed by atoms with Gasteiger partial charge in [0.15, 0.2) is 0 Å². The molecule has 2 aromatic carbocycles. The number of likely N-dealkylation sites (tertiary alicyclic amines) is 1. The average molecular weight is 625 g/mol. The van der Waals surface area contributed by atoms with Crippen LogP contribution in [0.2, 0.25) is 5.02 Å². The van der Waals surface area contributed by atoms with Gasteiger partial charge in [0.2, 0.25) is 5.91 Å². The summed E-state index contributed by atoms with van der Waals surface area (Å²) in [6.45, 7) is 7.39. The Morgan fingerprint density at radius 2 is 1.93 bits per heavy atom. The highest BCUT2D eigenvalue weighted by Gasteiger charge is 2.19. The number of aryl methyl sites for hydroxylation is 1. The molecular formula is C35H37ClN6O3. The molecule has 45 heavy (non-hydrogen) atoms. The number of rotatable bonds is 12. The minimum atomic E-state index is -0.256. The van der Waals surface area contributed by atoms with Gasteiger partial charge < -0.3 is 20.1 Å². The number of halogens is 1. The van der Waals surface area contributed by atoms with E-state index >= 15 is 0 Å². The van der Waals surface area contributed by atoms with Crippen molar-refractivity contribution < 1.29 is 14.3 Å². The van der Waals surface area contributed by atoms with Gasteiger partial charge in [-0.2, -0.15) is 5.26 Å². The number of hydrogen-bond donors (Lipinski definition) is 2. The third-order valence-electron chi connectivity index (χ3n) is 7.55. The molecule has 0 bridgehead atoms. The van der Waals surface area contributed by atoms with E-state index in [1.54, 1.807) is 36.5 Å². The Labute approximate surface area is 268 Å². The standard InChI is InChI=1S/C35H37ClN6O3/c1-3-29-27(22-37)35(39-24-13-14-32(28(36)19-24)45-23-25-11-6-7-15-38-25)26-20-31(33(44-4-2)21-30(26)40-29)41-34(43)12-10-18-42-16-8-5-9-17-42/h6-7,10-15,19-21H,3-5,8-9,16-18,23H2,1-2H3,(H,39,40)(H,41,43)/b12-10+. The first-order valence-corrected chi connectivity index (χ1v) is 15.7. The Morgan fingerprint density at radius 1 is 1.09 bits per heavy atom. The van der Waals surface area contributed by atoms with Gasteiger partial charge in [0.1, 0.15) is 24.2 Å². The summed E-state index contributed by atoms with van der Waals surface area (Å²) >= 11 is 6.61. The number of nitrogens with zero attached hydrogens (tertiary/aromatic N) is 4. The fourth-order valence-corrected chi connectivity index (χ4v) is 5.56. The second-order valence-electron chi connectivity index (χ2n) is 10.7. The fraction of sp³-hybridized carbons (Fsp3) is 0.314. The number of ether oxygens (including phenoxy) is 2. The molecule has 0 radical (unpaired) electrons. The predicted molar refractivity (Wildman–Crippen MR) is 178 cm³/mol. The van der Waals surface area contributed by atoms with Crippen molar-refractivity contribution in [3.05, 3.63) is 88.9 Å². The van der Waals surface area contributed by atoms with E-state index in [0.717, 1.165) is 25.3 Å². The lowest BCUT2D eigenvalue weighted by Crippen LogP contribution is -2.29. The second kappa shape index (κ2) is 15.4. The van der Waals surface area contributed by atoms with E-state index in [1.165, 1.54) is 19.3 Å². The molecule has 5 rings (SSSR count). The topological polar surface area (TPSA) is 112 Å². The summed E-state index contributed by atoms with van der Waals surface area (Å²) in [5, 5.41) is 17.7. The van der Waals surface area contributed by atoms with Gasteiger partial charge in [-0.15, -0.1) is 0 Å². The number of fused-ring (bicyclic) bond motifs is 1. The lowest BCUT2D eigenvalue weighted by atomic mass is 10.0. The van der Waals surface area contributed by atoms with Gasteiger partial charge in [0.25, 0.3) is 0 Å². The number of carbonyl (C=O) groups is 1. The van der Waals surface area contributed by atoms with Crippen LogP contribution in [0.15, 0.2) is 66.9 Å². The molecule has 10 heteroatoms. The van der Waals surface area contributed by atoms with Crippen LogP contribution >= 0.6 is 11.6 Å². The molecule has 1 amide bonds. The largest absolute Gasteiger partial charge is 0.492 e. The zero-order valence-electron chi connectivity index (χ0n) is 25.6. The highest BCUT2D eigenvalue weighted by atomic mass is 35.5. The summed E-state index contributed by atoms with van der Waals surface area (Å²) in [5.41, 5.74) is 4.21. The zero-order chi connectivity index (χ0) is 31.6. The van der Waals surface area contributed by atoms with Crippen molar-refractivity contribution >= 4 is 45.5 Å². The van der Waals surface area contributed by atoms with E-state index in [0.29, 0.717) is 68.8 Å². The van der Waals surface area contributed by atoms with E-state index < -0.39 is 0 Å². The Hall–Kier alpha value is -4.65. The van der Waals surface area contributed by atoms with Crippen molar-refractivity contribution in [2.24, 2.45) is 0 Å². The van der Waals surface area contributed by atoms with Gasteiger partial charge in [-0.1, -0.05) is 37.1 Å². The van der Waals surface area contributed by atoms with E-state index in [1.807, 2.05) is 44.2 Å². The number of nitrogens with one attached hydrogen (secondary N) is 2. The normalized spacial score (nSPS) is 13.5. The number of piperidine rings is 1. The molecule has 232 valence electrons. The zero-order valence-corrected chi connectivity index (χ0v) is 26.4. The van der Waals surface area contributed by atoms with E-state index in [9.17, 15) is 10.1 Å². The highest BCUT2D eigenvalue weighted by molar-refractivity contribution is 6.32. The molecule has 4 aromatic rings. The van der Waals surface area contributed by atoms with Crippen LogP contribution in [0.5, 0.6) is 11.5 Å². The van der Waals surface area contributed by atoms with Crippen LogP contribution in [0.1, 0.15) is 50.1 Å². The summed E-state index contributed by atoms with van der Waals surface area (Å²) in [5.74, 6) is 0.765. The summed E-state index contributed by atoms with van der Waals surface area (Å²) < 4.78 is 11.8. The van der Waals surface area contributed by atoms with E-state index in [2.05, 4.69) is 26.6 Å². The Bertz CT molecular complexity index is 1710. The molecule has 1 fully saturated rings. The average Bonchev–Trinajstić information content (AvgIpc) is 3.05. The first kappa shape index (κ1) is 31.8. The smallest absolute Gasteiger partial charge is 0.248 e. The molecule has 1 aliphatic rings. The Morgan fingerprint density at radius 3 is 2.64 bits per heavy atom. The molecule has 3 heterocycles. The number of aromatic nitrogens is 2. The summed E-state index contributed by atoms with van der Waals surface area (Å²) in [6, 6.07) is 16.9. The SMILES string of the molecule is CCOc1cc2nc(CC)c(C#N)c(Nc3ccc(OCc4ccccn4)c(Cl)c3)c2cc1NC(=O)/C=C/CN1CCCCC1. The van der Waals surface area contributed by atoms with Gasteiger partial charge >= 0.3 is 0 Å². The van der Waals surface area contributed by atoms with Crippen molar-refractivity contribution in [1.29, 1.82) is 5.26 Å². The first-order valence-electron chi connectivity index (χ1n) is 15.3. The summed E-state index contributed by atoms with van der Waals surface area (Å²) in [7, 11) is 0. The Balaban J connectivity index is 1.44. The summed E-state index contributed by atoms with van der Waals surface area (Å²) in [4.78, 5) is 24.4. The van der Waals surface area contributed by atoms with Gasteiger partial charge in [-0.05, 0) is 75.7 Å². The van der Waals surface area contributed by atoms with Gasteiger partial charge in [-0.25, -0.2) is 0 Å². The quantitative estimate of drug-likeness (QED) is 0.157. The molecule has 0 atom stereocenters. The van der Waals surface area contributed by atoms with Crippen molar-refractivity contribution in [2.75, 3.05) is 36.9 Å². The number of anilines is 3. The maximum absolute atomic E-state index is 13.0. The molecule has 0 unspecified atom stereocenters. The third-order valence-corrected chi connectivity index (χ3v) is 7.85. The third kappa shape index (κ3) is 8.09. The molecule has 0 spiro atoms. The molecule has 1 aliphatic heterocycles. The van der Waals surface area contributed by atoms with E-state index in [-0.39, 0.29) is 12.5 Å². The van der Waals surface area contributed by atoms with Crippen LogP contribution < -0.4 is 20.1 Å². The van der Waals surface area contributed by atoms with Gasteiger partial charge in [0.05, 0.1) is 45.5 Å². The maximum atomic E-state index is 13.0. The molecular weight excluding hydrogens is 588 g/mol. The van der Waals surface area contributed by atoms with Crippen LogP contribution in [0.25, 0.3) is 10.9 Å². The lowest BCUT2D eigenvalue weighted by Gasteiger charge is -2.24. The first-order chi connectivity index (χ1) is 22.0. The molecule has 9 nitrogen and oxygen atoms in total. The van der Waals surface area contributed by atoms with Crippen LogP contribution in [0.4, 0.5) is 17.1 Å². The van der Waals surface area contributed by atoms with Crippen molar-refractivity contribution in [3.8, 4) is 17.6 Å². The van der Waals surface area contributed by atoms with Crippen LogP contribution in [-0.4, -0.2) is 47.0 Å². The number of pyridine rings is 2. The number of carbonyl (C=O) groups excluding carboxylic acids is 1. The van der Waals surface area contributed by atoms with Crippen molar-refractivity contribution in [2.45, 2.75) is 46.1 Å². The number of hydrogen-bond acceptors (Lipinski definition) is 8. The van der Waals surface area contributed by atoms with Crippen molar-refractivity contribution in [1.82, 2.24) is 14.9 Å². The number of nitriles is 1. The lowest BCUT2D eigenvalue weighted by molar-refractivity contribution is -0.111. The fourth-order valence-electron chi connectivity index (χ4n) is 5.32. The van der Waals surface area contributed by atoms with E-state index in [4.69, 9.17) is 26.1 Å². The second-order valence-corrected chi connectivity index (χ2v) is 11.1. The van der Waals surface area contributed by atoms with Gasteiger partial charge in [-0.3, -0.25) is 19.7 Å². The van der Waals surface area contributed by atoms with Crippen LogP contribution in [-0.2, 0) is 17.8 Å².